The van der Waals surface area contributed by atoms with E-state index >= 15 is 0 Å². The molecule has 1 aliphatic heterocycles. The molecule has 0 aromatic carbocycles. The number of likely N-dealkylation sites (tertiary alicyclic amines) is 1. The predicted molar refractivity (Wildman–Crippen MR) is 82.6 cm³/mol. The Labute approximate surface area is 131 Å². The predicted octanol–water partition coefficient (Wildman–Crippen LogP) is 0.772. The van der Waals surface area contributed by atoms with Gasteiger partial charge >= 0.3 is 0 Å². The number of aryl methyl sites for hydroxylation is 1. The Balaban J connectivity index is 2.04. The zero-order valence-electron chi connectivity index (χ0n) is 13.3. The first-order valence-corrected chi connectivity index (χ1v) is 7.91. The van der Waals surface area contributed by atoms with E-state index in [9.17, 15) is 15.0 Å². The number of hydrogen-bond acceptors (Lipinski definition) is 5. The number of furan rings is 1. The second-order valence-corrected chi connectivity index (χ2v) is 5.99. The minimum Gasteiger partial charge on any atom is -0.469 e. The minimum absolute atomic E-state index is 0.0300. The van der Waals surface area contributed by atoms with Crippen molar-refractivity contribution in [3.63, 3.8) is 0 Å². The SMILES string of the molecule is CCC[C@H]1CN(C(CO)CO)C[C@@H]1NC(=O)c1ccoc1C. The minimum atomic E-state index is -0.253. The summed E-state index contributed by atoms with van der Waals surface area (Å²) < 4.78 is 5.18. The topological polar surface area (TPSA) is 85.9 Å². The Morgan fingerprint density at radius 3 is 2.73 bits per heavy atom. The van der Waals surface area contributed by atoms with Gasteiger partial charge in [0.15, 0.2) is 0 Å². The van der Waals surface area contributed by atoms with Crippen LogP contribution < -0.4 is 5.32 Å². The molecule has 22 heavy (non-hydrogen) atoms. The van der Waals surface area contributed by atoms with Crippen LogP contribution in [0.4, 0.5) is 0 Å². The molecular weight excluding hydrogens is 284 g/mol. The Morgan fingerprint density at radius 1 is 1.45 bits per heavy atom. The number of nitrogens with zero attached hydrogens (tertiary/aromatic N) is 1. The fraction of sp³-hybridized carbons (Fsp3) is 0.688. The first-order valence-electron chi connectivity index (χ1n) is 7.91. The highest BCUT2D eigenvalue weighted by atomic mass is 16.3. The van der Waals surface area contributed by atoms with Gasteiger partial charge in [0.05, 0.1) is 31.1 Å². The first-order chi connectivity index (χ1) is 10.6. The second-order valence-electron chi connectivity index (χ2n) is 5.99. The molecule has 0 saturated carbocycles. The molecule has 124 valence electrons. The zero-order valence-corrected chi connectivity index (χ0v) is 13.3. The third-order valence-corrected chi connectivity index (χ3v) is 4.49. The molecule has 2 heterocycles. The molecule has 2 atom stereocenters. The highest BCUT2D eigenvalue weighted by Gasteiger charge is 2.36. The van der Waals surface area contributed by atoms with Gasteiger partial charge in [-0.15, -0.1) is 0 Å². The monoisotopic (exact) mass is 310 g/mol. The molecule has 1 amide bonds. The van der Waals surface area contributed by atoms with Crippen molar-refractivity contribution in [2.45, 2.75) is 38.8 Å². The lowest BCUT2D eigenvalue weighted by atomic mass is 9.98. The van der Waals surface area contributed by atoms with E-state index in [1.807, 2.05) is 0 Å². The molecule has 3 N–H and O–H groups in total. The number of hydrogen-bond donors (Lipinski definition) is 3. The van der Waals surface area contributed by atoms with Crippen LogP contribution in [-0.2, 0) is 0 Å². The maximum absolute atomic E-state index is 12.4. The molecule has 1 aromatic rings. The lowest BCUT2D eigenvalue weighted by Gasteiger charge is -2.24. The smallest absolute Gasteiger partial charge is 0.255 e. The lowest BCUT2D eigenvalue weighted by molar-refractivity contribution is 0.0854. The maximum Gasteiger partial charge on any atom is 0.255 e. The van der Waals surface area contributed by atoms with Crippen LogP contribution in [0.15, 0.2) is 16.7 Å². The van der Waals surface area contributed by atoms with Gasteiger partial charge in [0, 0.05) is 19.1 Å². The van der Waals surface area contributed by atoms with Crippen molar-refractivity contribution in [2.75, 3.05) is 26.3 Å². The molecular formula is C16H26N2O4. The number of carbonyl (C=O) groups is 1. The Bertz CT molecular complexity index is 484. The van der Waals surface area contributed by atoms with Crippen LogP contribution in [0.2, 0.25) is 0 Å². The van der Waals surface area contributed by atoms with Gasteiger partial charge in [-0.3, -0.25) is 9.69 Å². The van der Waals surface area contributed by atoms with Crippen LogP contribution in [0.1, 0.15) is 35.9 Å². The third-order valence-electron chi connectivity index (χ3n) is 4.49. The van der Waals surface area contributed by atoms with Crippen LogP contribution in [-0.4, -0.2) is 59.4 Å². The highest BCUT2D eigenvalue weighted by molar-refractivity contribution is 5.95. The standard InChI is InChI=1S/C16H26N2O4/c1-3-4-12-7-18(13(9-19)10-20)8-15(12)17-16(21)14-5-6-22-11(14)2/h5-6,12-13,15,19-20H,3-4,7-10H2,1-2H3,(H,17,21)/t12-,15-/m0/s1. The van der Waals surface area contributed by atoms with Crippen molar-refractivity contribution in [2.24, 2.45) is 5.92 Å². The average molecular weight is 310 g/mol. The van der Waals surface area contributed by atoms with Gasteiger partial charge in [-0.25, -0.2) is 0 Å². The van der Waals surface area contributed by atoms with Gasteiger partial charge in [0.2, 0.25) is 0 Å². The molecule has 1 saturated heterocycles. The third kappa shape index (κ3) is 3.69. The van der Waals surface area contributed by atoms with Crippen molar-refractivity contribution in [3.8, 4) is 0 Å². The lowest BCUT2D eigenvalue weighted by Crippen LogP contribution is -2.43. The van der Waals surface area contributed by atoms with Crippen LogP contribution in [0.5, 0.6) is 0 Å². The largest absolute Gasteiger partial charge is 0.469 e. The van der Waals surface area contributed by atoms with E-state index in [4.69, 9.17) is 4.42 Å². The van der Waals surface area contributed by atoms with Gasteiger partial charge in [0.25, 0.3) is 5.91 Å². The summed E-state index contributed by atoms with van der Waals surface area (Å²) in [5.74, 6) is 0.827. The number of nitrogens with one attached hydrogen (secondary N) is 1. The number of aliphatic hydroxyl groups is 2. The van der Waals surface area contributed by atoms with E-state index in [-0.39, 0.29) is 31.2 Å². The van der Waals surface area contributed by atoms with Crippen molar-refractivity contribution in [1.82, 2.24) is 10.2 Å². The molecule has 2 rings (SSSR count). The van der Waals surface area contributed by atoms with Crippen molar-refractivity contribution in [3.05, 3.63) is 23.7 Å². The zero-order chi connectivity index (χ0) is 16.1. The summed E-state index contributed by atoms with van der Waals surface area (Å²) in [7, 11) is 0. The number of amides is 1. The molecule has 0 unspecified atom stereocenters. The molecule has 1 fully saturated rings. The average Bonchev–Trinajstić information content (AvgIpc) is 3.08. The van der Waals surface area contributed by atoms with Crippen LogP contribution in [0, 0.1) is 12.8 Å². The Kier molecular flexibility index (Phi) is 5.99. The number of carbonyl (C=O) groups excluding carboxylic acids is 1. The molecule has 0 aliphatic carbocycles. The summed E-state index contributed by atoms with van der Waals surface area (Å²) in [6.07, 6.45) is 3.57. The van der Waals surface area contributed by atoms with E-state index in [2.05, 4.69) is 17.1 Å². The van der Waals surface area contributed by atoms with Gasteiger partial charge < -0.3 is 19.9 Å². The number of aliphatic hydroxyl groups excluding tert-OH is 2. The summed E-state index contributed by atoms with van der Waals surface area (Å²) in [6, 6.07) is 1.45. The molecule has 6 heteroatoms. The van der Waals surface area contributed by atoms with Gasteiger partial charge in [-0.05, 0) is 25.3 Å². The van der Waals surface area contributed by atoms with E-state index < -0.39 is 0 Å². The summed E-state index contributed by atoms with van der Waals surface area (Å²) in [4.78, 5) is 14.4. The quantitative estimate of drug-likeness (QED) is 0.692. The van der Waals surface area contributed by atoms with Crippen LogP contribution in [0.3, 0.4) is 0 Å². The summed E-state index contributed by atoms with van der Waals surface area (Å²) in [5.41, 5.74) is 0.564. The van der Waals surface area contributed by atoms with E-state index in [1.54, 1.807) is 13.0 Å². The Hall–Kier alpha value is -1.37. The van der Waals surface area contributed by atoms with Crippen molar-refractivity contribution >= 4 is 5.91 Å². The molecule has 0 spiro atoms. The van der Waals surface area contributed by atoms with E-state index in [0.717, 1.165) is 19.4 Å². The normalized spacial score (nSPS) is 22.4. The Morgan fingerprint density at radius 2 is 2.18 bits per heavy atom. The van der Waals surface area contributed by atoms with Gasteiger partial charge in [0.1, 0.15) is 5.76 Å². The summed E-state index contributed by atoms with van der Waals surface area (Å²) in [5, 5.41) is 21.8. The van der Waals surface area contributed by atoms with Gasteiger partial charge in [-0.2, -0.15) is 0 Å². The fourth-order valence-corrected chi connectivity index (χ4v) is 3.18. The van der Waals surface area contributed by atoms with Crippen molar-refractivity contribution in [1.29, 1.82) is 0 Å². The molecule has 6 nitrogen and oxygen atoms in total. The van der Waals surface area contributed by atoms with Crippen LogP contribution in [0.25, 0.3) is 0 Å². The van der Waals surface area contributed by atoms with Crippen molar-refractivity contribution < 1.29 is 19.4 Å². The summed E-state index contributed by atoms with van der Waals surface area (Å²) in [6.45, 7) is 5.19. The molecule has 1 aliphatic rings. The highest BCUT2D eigenvalue weighted by Crippen LogP contribution is 2.24. The molecule has 0 bridgehead atoms. The van der Waals surface area contributed by atoms with E-state index in [1.165, 1.54) is 6.26 Å². The van der Waals surface area contributed by atoms with Gasteiger partial charge in [-0.1, -0.05) is 13.3 Å². The van der Waals surface area contributed by atoms with Crippen LogP contribution >= 0.6 is 0 Å². The maximum atomic E-state index is 12.4. The molecule has 0 radical (unpaired) electrons. The number of rotatable bonds is 7. The fourth-order valence-electron chi connectivity index (χ4n) is 3.18. The first kappa shape index (κ1) is 17.0. The van der Waals surface area contributed by atoms with E-state index in [0.29, 0.717) is 23.8 Å². The molecule has 1 aromatic heterocycles. The second kappa shape index (κ2) is 7.76. The summed E-state index contributed by atoms with van der Waals surface area (Å²) >= 11 is 0.